The van der Waals surface area contributed by atoms with E-state index in [1.165, 1.54) is 0 Å². The van der Waals surface area contributed by atoms with Crippen LogP contribution < -0.4 is 5.73 Å². The molecular formula is C15H10Cl2N4. The van der Waals surface area contributed by atoms with E-state index in [0.717, 1.165) is 11.0 Å². The van der Waals surface area contributed by atoms with Crippen LogP contribution in [0.25, 0.3) is 16.7 Å². The molecule has 0 unspecified atom stereocenters. The fourth-order valence-corrected chi connectivity index (χ4v) is 2.99. The molecule has 0 aliphatic heterocycles. The Bertz CT molecular complexity index is 854. The number of hydrogen-bond acceptors (Lipinski definition) is 3. The molecule has 3 rings (SSSR count). The first-order valence-corrected chi connectivity index (χ1v) is 6.95. The number of fused-ring (bicyclic) bond motifs is 1. The van der Waals surface area contributed by atoms with Gasteiger partial charge < -0.3 is 5.73 Å². The number of rotatable bonds is 2. The second-order valence-electron chi connectivity index (χ2n) is 4.52. The van der Waals surface area contributed by atoms with Crippen molar-refractivity contribution in [2.24, 2.45) is 0 Å². The van der Waals surface area contributed by atoms with E-state index in [1.807, 2.05) is 28.8 Å². The van der Waals surface area contributed by atoms with Crippen molar-refractivity contribution in [2.75, 3.05) is 5.73 Å². The van der Waals surface area contributed by atoms with E-state index in [-0.39, 0.29) is 6.42 Å². The van der Waals surface area contributed by atoms with Crippen molar-refractivity contribution in [3.63, 3.8) is 0 Å². The average molecular weight is 317 g/mol. The Morgan fingerprint density at radius 3 is 2.52 bits per heavy atom. The maximum atomic E-state index is 9.01. The molecule has 0 amide bonds. The van der Waals surface area contributed by atoms with Gasteiger partial charge >= 0.3 is 0 Å². The highest BCUT2D eigenvalue weighted by Gasteiger charge is 2.17. The van der Waals surface area contributed by atoms with Gasteiger partial charge in [0.15, 0.2) is 0 Å². The van der Waals surface area contributed by atoms with Crippen molar-refractivity contribution >= 4 is 39.9 Å². The van der Waals surface area contributed by atoms with Crippen LogP contribution in [0.2, 0.25) is 10.0 Å². The summed E-state index contributed by atoms with van der Waals surface area (Å²) in [4.78, 5) is 4.48. The van der Waals surface area contributed by atoms with Crippen LogP contribution in [0.1, 0.15) is 5.82 Å². The number of aromatic nitrogens is 2. The zero-order chi connectivity index (χ0) is 15.0. The molecular weight excluding hydrogens is 307 g/mol. The van der Waals surface area contributed by atoms with Gasteiger partial charge in [-0.05, 0) is 24.3 Å². The summed E-state index contributed by atoms with van der Waals surface area (Å²) in [5.74, 6) is 0.590. The van der Waals surface area contributed by atoms with E-state index in [0.29, 0.717) is 27.2 Å². The molecule has 0 radical (unpaired) electrons. The molecule has 0 saturated heterocycles. The zero-order valence-corrected chi connectivity index (χ0v) is 12.4. The van der Waals surface area contributed by atoms with E-state index >= 15 is 0 Å². The second-order valence-corrected chi connectivity index (χ2v) is 5.33. The normalized spacial score (nSPS) is 10.7. The molecule has 0 saturated carbocycles. The van der Waals surface area contributed by atoms with Gasteiger partial charge in [0.05, 0.1) is 39.3 Å². The highest BCUT2D eigenvalue weighted by molar-refractivity contribution is 6.38. The van der Waals surface area contributed by atoms with Gasteiger partial charge in [0, 0.05) is 5.69 Å². The minimum atomic E-state index is 0.158. The van der Waals surface area contributed by atoms with Gasteiger partial charge in [-0.25, -0.2) is 4.98 Å². The Balaban J connectivity index is 2.39. The van der Waals surface area contributed by atoms with Gasteiger partial charge in [-0.2, -0.15) is 5.26 Å². The van der Waals surface area contributed by atoms with Crippen LogP contribution in [0.3, 0.4) is 0 Å². The summed E-state index contributed by atoms with van der Waals surface area (Å²) in [6.07, 6.45) is 0.158. The Hall–Kier alpha value is -2.22. The zero-order valence-electron chi connectivity index (χ0n) is 10.8. The highest BCUT2D eigenvalue weighted by Crippen LogP contribution is 2.34. The molecule has 2 N–H and O–H groups in total. The molecule has 6 heteroatoms. The number of para-hydroxylation sites is 2. The smallest absolute Gasteiger partial charge is 0.128 e. The summed E-state index contributed by atoms with van der Waals surface area (Å²) in [7, 11) is 0. The van der Waals surface area contributed by atoms with E-state index in [4.69, 9.17) is 34.2 Å². The molecule has 2 aromatic carbocycles. The summed E-state index contributed by atoms with van der Waals surface area (Å²) in [6.45, 7) is 0. The van der Waals surface area contributed by atoms with Crippen molar-refractivity contribution in [2.45, 2.75) is 6.42 Å². The fourth-order valence-electron chi connectivity index (χ4n) is 2.31. The molecule has 0 aliphatic carbocycles. The monoisotopic (exact) mass is 316 g/mol. The number of benzene rings is 2. The number of imidazole rings is 1. The predicted octanol–water partition coefficient (Wildman–Crippen LogP) is 3.98. The summed E-state index contributed by atoms with van der Waals surface area (Å²) >= 11 is 12.6. The van der Waals surface area contributed by atoms with Gasteiger partial charge in [-0.1, -0.05) is 35.3 Å². The average Bonchev–Trinajstić information content (AvgIpc) is 2.77. The summed E-state index contributed by atoms with van der Waals surface area (Å²) in [5, 5.41) is 9.85. The second kappa shape index (κ2) is 5.28. The highest BCUT2D eigenvalue weighted by atomic mass is 35.5. The van der Waals surface area contributed by atoms with Gasteiger partial charge in [-0.3, -0.25) is 4.57 Å². The van der Waals surface area contributed by atoms with Gasteiger partial charge in [-0.15, -0.1) is 0 Å². The number of nitriles is 1. The van der Waals surface area contributed by atoms with Crippen molar-refractivity contribution in [3.8, 4) is 11.8 Å². The summed E-state index contributed by atoms with van der Waals surface area (Å²) in [5.41, 5.74) is 8.45. The van der Waals surface area contributed by atoms with E-state index in [2.05, 4.69) is 11.1 Å². The topological polar surface area (TPSA) is 67.6 Å². The van der Waals surface area contributed by atoms with Crippen LogP contribution in [0.15, 0.2) is 36.4 Å². The third-order valence-electron chi connectivity index (χ3n) is 3.13. The van der Waals surface area contributed by atoms with Crippen molar-refractivity contribution in [3.05, 3.63) is 52.3 Å². The number of anilines is 1. The van der Waals surface area contributed by atoms with Crippen LogP contribution in [0, 0.1) is 11.3 Å². The Morgan fingerprint density at radius 2 is 1.86 bits per heavy atom. The van der Waals surface area contributed by atoms with E-state index in [1.54, 1.807) is 12.1 Å². The van der Waals surface area contributed by atoms with E-state index < -0.39 is 0 Å². The first-order chi connectivity index (χ1) is 10.1. The number of nitrogens with zero attached hydrogens (tertiary/aromatic N) is 3. The standard InChI is InChI=1S/C15H10Cl2N4/c16-10-7-9(19)8-11(17)15(10)21-13-4-2-1-3-12(13)20-14(21)5-6-18/h1-4,7-8H,5,19H2. The van der Waals surface area contributed by atoms with Crippen molar-refractivity contribution in [1.82, 2.24) is 9.55 Å². The number of hydrogen-bond donors (Lipinski definition) is 1. The summed E-state index contributed by atoms with van der Waals surface area (Å²) in [6, 6.07) is 13.0. The van der Waals surface area contributed by atoms with Crippen LogP contribution in [0.4, 0.5) is 5.69 Å². The molecule has 0 fully saturated rings. The third-order valence-corrected chi connectivity index (χ3v) is 3.71. The minimum Gasteiger partial charge on any atom is -0.399 e. The number of halogens is 2. The predicted molar refractivity (Wildman–Crippen MR) is 84.8 cm³/mol. The van der Waals surface area contributed by atoms with Gasteiger partial charge in [0.1, 0.15) is 5.82 Å². The number of nitrogens with two attached hydrogens (primary N) is 1. The summed E-state index contributed by atoms with van der Waals surface area (Å²) < 4.78 is 1.81. The lowest BCUT2D eigenvalue weighted by Gasteiger charge is -2.12. The van der Waals surface area contributed by atoms with Crippen LogP contribution in [-0.2, 0) is 6.42 Å². The van der Waals surface area contributed by atoms with Crippen molar-refractivity contribution < 1.29 is 0 Å². The third kappa shape index (κ3) is 2.31. The quantitative estimate of drug-likeness (QED) is 0.727. The number of nitrogen functional groups attached to an aromatic ring is 1. The molecule has 0 spiro atoms. The Labute approximate surface area is 131 Å². The first-order valence-electron chi connectivity index (χ1n) is 6.20. The molecule has 0 bridgehead atoms. The SMILES string of the molecule is N#CCc1nc2ccccc2n1-c1c(Cl)cc(N)cc1Cl. The molecule has 1 heterocycles. The first kappa shape index (κ1) is 13.7. The molecule has 1 aromatic heterocycles. The van der Waals surface area contributed by atoms with Crippen LogP contribution >= 0.6 is 23.2 Å². The van der Waals surface area contributed by atoms with E-state index in [9.17, 15) is 0 Å². The molecule has 21 heavy (non-hydrogen) atoms. The molecule has 4 nitrogen and oxygen atoms in total. The molecule has 0 atom stereocenters. The van der Waals surface area contributed by atoms with Crippen molar-refractivity contribution in [1.29, 1.82) is 5.26 Å². The maximum Gasteiger partial charge on any atom is 0.128 e. The minimum absolute atomic E-state index is 0.158. The Kier molecular flexibility index (Phi) is 3.46. The van der Waals surface area contributed by atoms with Crippen LogP contribution in [-0.4, -0.2) is 9.55 Å². The molecule has 104 valence electrons. The molecule has 3 aromatic rings. The Morgan fingerprint density at radius 1 is 1.19 bits per heavy atom. The van der Waals surface area contributed by atoms with Gasteiger partial charge in [0.25, 0.3) is 0 Å². The maximum absolute atomic E-state index is 9.01. The lowest BCUT2D eigenvalue weighted by Crippen LogP contribution is -2.03. The van der Waals surface area contributed by atoms with Gasteiger partial charge in [0.2, 0.25) is 0 Å². The fraction of sp³-hybridized carbons (Fsp3) is 0.0667. The lowest BCUT2D eigenvalue weighted by molar-refractivity contribution is 0.955. The van der Waals surface area contributed by atoms with Crippen LogP contribution in [0.5, 0.6) is 0 Å². The lowest BCUT2D eigenvalue weighted by atomic mass is 10.2. The molecule has 0 aliphatic rings. The largest absolute Gasteiger partial charge is 0.399 e.